The Morgan fingerprint density at radius 1 is 0.970 bits per heavy atom. The van der Waals surface area contributed by atoms with E-state index in [1.54, 1.807) is 0 Å². The van der Waals surface area contributed by atoms with Crippen molar-refractivity contribution in [3.8, 4) is 0 Å². The van der Waals surface area contributed by atoms with Crippen molar-refractivity contribution < 1.29 is 54.5 Å². The van der Waals surface area contributed by atoms with E-state index in [4.69, 9.17) is 0 Å². The van der Waals surface area contributed by atoms with E-state index in [-0.39, 0.29) is 0 Å². The summed E-state index contributed by atoms with van der Waals surface area (Å²) in [5.41, 5.74) is 0. The van der Waals surface area contributed by atoms with Crippen molar-refractivity contribution >= 4 is 24.7 Å². The number of unbranched alkanes of at least 4 members (excludes halogenated alkanes) is 3. The number of thiol groups is 1. The Hall–Kier alpha value is -1.44. The molecular weight excluding hydrogens is 487 g/mol. The summed E-state index contributed by atoms with van der Waals surface area (Å²) in [5, 5.41) is -2.46. The SMILES string of the molecule is CCCCCC(C)NC(=O)OC(OCCCCC(F)(F)C(F)(F)S)(C(=O)OCC)C(F)(F)F. The lowest BCUT2D eigenvalue weighted by molar-refractivity contribution is -0.350. The lowest BCUT2D eigenvalue weighted by Crippen LogP contribution is -2.59. The van der Waals surface area contributed by atoms with Gasteiger partial charge in [-0.05, 0) is 33.1 Å². The van der Waals surface area contributed by atoms with Crippen LogP contribution in [0.25, 0.3) is 0 Å². The zero-order valence-electron chi connectivity index (χ0n) is 18.6. The molecule has 14 heteroatoms. The van der Waals surface area contributed by atoms with Gasteiger partial charge in [-0.15, -0.1) is 0 Å². The normalized spacial score (nSPS) is 15.5. The van der Waals surface area contributed by atoms with Gasteiger partial charge in [0.15, 0.2) is 0 Å². The fourth-order valence-electron chi connectivity index (χ4n) is 2.56. The molecule has 33 heavy (non-hydrogen) atoms. The number of alkyl halides is 7. The summed E-state index contributed by atoms with van der Waals surface area (Å²) in [4.78, 5) is 24.2. The third-order valence-corrected chi connectivity index (χ3v) is 4.72. The quantitative estimate of drug-likeness (QED) is 0.0938. The number of carbonyl (C=O) groups excluding carboxylic acids is 2. The van der Waals surface area contributed by atoms with Crippen molar-refractivity contribution in [2.75, 3.05) is 13.2 Å². The molecule has 0 fully saturated rings. The molecule has 0 bridgehead atoms. The van der Waals surface area contributed by atoms with Crippen LogP contribution < -0.4 is 5.32 Å². The maximum atomic E-state index is 13.8. The fraction of sp³-hybridized carbons (Fsp3) is 0.895. The number of carbonyl (C=O) groups is 2. The molecule has 1 N–H and O–H groups in total. The van der Waals surface area contributed by atoms with Crippen LogP contribution in [0.3, 0.4) is 0 Å². The van der Waals surface area contributed by atoms with Crippen molar-refractivity contribution in [2.45, 2.75) is 94.9 Å². The van der Waals surface area contributed by atoms with Crippen LogP contribution in [0.1, 0.15) is 65.7 Å². The minimum atomic E-state index is -5.59. The average molecular weight is 518 g/mol. The number of hydrogen-bond donors (Lipinski definition) is 2. The highest BCUT2D eigenvalue weighted by Crippen LogP contribution is 2.41. The summed E-state index contributed by atoms with van der Waals surface area (Å²) < 4.78 is 106. The summed E-state index contributed by atoms with van der Waals surface area (Å²) in [5.74, 6) is -10.7. The Morgan fingerprint density at radius 3 is 2.06 bits per heavy atom. The van der Waals surface area contributed by atoms with E-state index in [2.05, 4.69) is 32.2 Å². The van der Waals surface area contributed by atoms with Gasteiger partial charge in [0.25, 0.3) is 0 Å². The van der Waals surface area contributed by atoms with E-state index < -0.39 is 73.7 Å². The van der Waals surface area contributed by atoms with E-state index in [1.807, 2.05) is 6.92 Å². The minimum absolute atomic E-state index is 0.437. The molecule has 2 unspecified atom stereocenters. The van der Waals surface area contributed by atoms with Gasteiger partial charge in [0.2, 0.25) is 0 Å². The fourth-order valence-corrected chi connectivity index (χ4v) is 2.67. The number of amides is 1. The summed E-state index contributed by atoms with van der Waals surface area (Å²) in [7, 11) is 0. The molecule has 1 amide bonds. The Balaban J connectivity index is 5.32. The number of hydrogen-bond acceptors (Lipinski definition) is 6. The molecule has 0 aromatic heterocycles. The van der Waals surface area contributed by atoms with Gasteiger partial charge in [-0.1, -0.05) is 38.8 Å². The molecule has 0 spiro atoms. The first-order valence-electron chi connectivity index (χ1n) is 10.4. The van der Waals surface area contributed by atoms with E-state index in [0.717, 1.165) is 12.8 Å². The first-order chi connectivity index (χ1) is 15.0. The molecule has 0 aliphatic carbocycles. The zero-order chi connectivity index (χ0) is 25.9. The highest BCUT2D eigenvalue weighted by molar-refractivity contribution is 7.81. The Bertz CT molecular complexity index is 616. The standard InChI is InChI=1S/C19H30F7NO5S/c1-4-6-7-10-13(3)27-15(29)32-17(18(22,23)24,14(28)30-5-2)31-12-9-8-11-16(20,21)19(25,26)33/h13,33H,4-12H2,1-3H3,(H,27,29). The Labute approximate surface area is 193 Å². The molecule has 0 rings (SSSR count). The van der Waals surface area contributed by atoms with E-state index >= 15 is 0 Å². The second-order valence-corrected chi connectivity index (χ2v) is 7.88. The van der Waals surface area contributed by atoms with Gasteiger partial charge in [-0.25, -0.2) is 9.59 Å². The summed E-state index contributed by atoms with van der Waals surface area (Å²) in [6.45, 7) is 3.13. The first kappa shape index (κ1) is 31.6. The lowest BCUT2D eigenvalue weighted by atomic mass is 10.1. The lowest BCUT2D eigenvalue weighted by Gasteiger charge is -2.32. The van der Waals surface area contributed by atoms with Gasteiger partial charge >= 0.3 is 35.2 Å². The van der Waals surface area contributed by atoms with Crippen LogP contribution in [0.2, 0.25) is 0 Å². The third kappa shape index (κ3) is 10.1. The second kappa shape index (κ2) is 13.4. The molecule has 0 aromatic rings. The van der Waals surface area contributed by atoms with Crippen LogP contribution in [0, 0.1) is 0 Å². The number of esters is 1. The maximum absolute atomic E-state index is 13.8. The second-order valence-electron chi connectivity index (χ2n) is 7.32. The van der Waals surface area contributed by atoms with Crippen molar-refractivity contribution in [1.82, 2.24) is 5.32 Å². The van der Waals surface area contributed by atoms with Crippen LogP contribution in [0.15, 0.2) is 0 Å². The topological polar surface area (TPSA) is 73.9 Å². The summed E-state index contributed by atoms with van der Waals surface area (Å²) in [6, 6.07) is -0.581. The van der Waals surface area contributed by atoms with E-state index in [9.17, 15) is 40.3 Å². The van der Waals surface area contributed by atoms with Crippen molar-refractivity contribution in [3.05, 3.63) is 0 Å². The molecule has 0 aliphatic rings. The molecule has 6 nitrogen and oxygen atoms in total. The predicted molar refractivity (Wildman–Crippen MR) is 107 cm³/mol. The number of ether oxygens (including phenoxy) is 3. The predicted octanol–water partition coefficient (Wildman–Crippen LogP) is 5.85. The number of alkyl carbamates (subject to hydrolysis) is 1. The van der Waals surface area contributed by atoms with Crippen molar-refractivity contribution in [1.29, 1.82) is 0 Å². The number of nitrogens with one attached hydrogen (secondary N) is 1. The molecule has 0 saturated heterocycles. The van der Waals surface area contributed by atoms with Crippen LogP contribution in [0.5, 0.6) is 0 Å². The Morgan fingerprint density at radius 2 is 1.58 bits per heavy atom. The minimum Gasteiger partial charge on any atom is -0.461 e. The summed E-state index contributed by atoms with van der Waals surface area (Å²) in [6.07, 6.45) is -7.05. The molecular formula is C19H30F7NO5S. The van der Waals surface area contributed by atoms with Gasteiger partial charge in [0, 0.05) is 12.5 Å². The van der Waals surface area contributed by atoms with Crippen molar-refractivity contribution in [2.24, 2.45) is 0 Å². The average Bonchev–Trinajstić information content (AvgIpc) is 2.65. The zero-order valence-corrected chi connectivity index (χ0v) is 19.5. The van der Waals surface area contributed by atoms with Gasteiger partial charge in [-0.2, -0.15) is 30.7 Å². The number of halogens is 7. The number of rotatable bonds is 15. The van der Waals surface area contributed by atoms with Crippen LogP contribution in [-0.2, 0) is 19.0 Å². The third-order valence-electron chi connectivity index (χ3n) is 4.39. The highest BCUT2D eigenvalue weighted by Gasteiger charge is 2.68. The smallest absolute Gasteiger partial charge is 0.461 e. The van der Waals surface area contributed by atoms with Gasteiger partial charge in [-0.3, -0.25) is 0 Å². The molecule has 0 aliphatic heterocycles. The molecule has 2 atom stereocenters. The molecule has 0 aromatic carbocycles. The molecule has 0 heterocycles. The van der Waals surface area contributed by atoms with Gasteiger partial charge in [0.1, 0.15) is 0 Å². The van der Waals surface area contributed by atoms with E-state index in [0.29, 0.717) is 12.8 Å². The van der Waals surface area contributed by atoms with Gasteiger partial charge < -0.3 is 19.5 Å². The van der Waals surface area contributed by atoms with Gasteiger partial charge in [0.05, 0.1) is 13.2 Å². The highest BCUT2D eigenvalue weighted by atomic mass is 32.1. The summed E-state index contributed by atoms with van der Waals surface area (Å²) >= 11 is 2.50. The van der Waals surface area contributed by atoms with Crippen LogP contribution >= 0.6 is 12.6 Å². The molecule has 196 valence electrons. The largest absolute Gasteiger partial charge is 0.468 e. The van der Waals surface area contributed by atoms with Crippen LogP contribution in [0.4, 0.5) is 35.5 Å². The monoisotopic (exact) mass is 517 g/mol. The van der Waals surface area contributed by atoms with E-state index in [1.165, 1.54) is 13.8 Å². The van der Waals surface area contributed by atoms with Crippen LogP contribution in [-0.4, -0.2) is 54.5 Å². The Kier molecular flexibility index (Phi) is 12.9. The first-order valence-corrected chi connectivity index (χ1v) is 10.8. The van der Waals surface area contributed by atoms with Crippen molar-refractivity contribution in [3.63, 3.8) is 0 Å². The maximum Gasteiger partial charge on any atom is 0.468 e. The molecule has 0 saturated carbocycles. The molecule has 0 radical (unpaired) electrons.